The molecular weight excluding hydrogens is 345 g/mol. The molecule has 0 aliphatic heterocycles. The molecule has 0 saturated heterocycles. The van der Waals surface area contributed by atoms with E-state index in [-0.39, 0.29) is 5.02 Å². The number of benzene rings is 1. The van der Waals surface area contributed by atoms with Crippen LogP contribution in [0.1, 0.15) is 37.3 Å². The first-order valence-electron chi connectivity index (χ1n) is 6.52. The normalized spacial score (nSPS) is 14.8. The smallest absolute Gasteiger partial charge is 0.180 e. The number of anilines is 1. The molecule has 0 amide bonds. The highest BCUT2D eigenvalue weighted by Gasteiger charge is 2.27. The predicted molar refractivity (Wildman–Crippen MR) is 90.8 cm³/mol. The fourth-order valence-corrected chi connectivity index (χ4v) is 3.66. The Kier molecular flexibility index (Phi) is 5.21. The van der Waals surface area contributed by atoms with Crippen molar-refractivity contribution in [2.75, 3.05) is 5.73 Å². The second-order valence-electron chi connectivity index (χ2n) is 5.70. The zero-order valence-electron chi connectivity index (χ0n) is 12.4. The summed E-state index contributed by atoms with van der Waals surface area (Å²) < 4.78 is 28.3. The van der Waals surface area contributed by atoms with Crippen LogP contribution in [-0.2, 0) is 11.0 Å². The fourth-order valence-electron chi connectivity index (χ4n) is 1.73. The molecule has 2 rings (SSSR count). The van der Waals surface area contributed by atoms with Crippen molar-refractivity contribution in [2.24, 2.45) is 0 Å². The number of rotatable bonds is 4. The number of hydrogen-bond acceptors (Lipinski definition) is 4. The number of nitrogen functional groups attached to an aromatic ring is 1. The standard InChI is InChI=1S/C14H17ClFN3OS2/c1-14(2,3)22(20)19-12(11-7-18-13(17)21-11)9-5-4-8(16)6-10(9)15/h4-7,12,19H,1-3H3,(H2,17,18)/t12-,22+/m1/s1. The Morgan fingerprint density at radius 2 is 2.14 bits per heavy atom. The number of nitrogens with one attached hydrogen (secondary N) is 1. The minimum absolute atomic E-state index is 0.260. The van der Waals surface area contributed by atoms with Crippen molar-refractivity contribution in [1.82, 2.24) is 9.71 Å². The summed E-state index contributed by atoms with van der Waals surface area (Å²) in [6.07, 6.45) is 1.61. The number of hydrogen-bond donors (Lipinski definition) is 2. The summed E-state index contributed by atoms with van der Waals surface area (Å²) >= 11 is 7.43. The van der Waals surface area contributed by atoms with Gasteiger partial charge in [0.2, 0.25) is 0 Å². The molecule has 0 aliphatic carbocycles. The summed E-state index contributed by atoms with van der Waals surface area (Å²) in [6.45, 7) is 5.58. The second-order valence-corrected chi connectivity index (χ2v) is 9.20. The van der Waals surface area contributed by atoms with E-state index in [4.69, 9.17) is 17.3 Å². The van der Waals surface area contributed by atoms with Gasteiger partial charge in [-0.05, 0) is 38.5 Å². The van der Waals surface area contributed by atoms with Gasteiger partial charge >= 0.3 is 0 Å². The van der Waals surface area contributed by atoms with Crippen molar-refractivity contribution < 1.29 is 8.60 Å². The van der Waals surface area contributed by atoms with E-state index in [2.05, 4.69) is 9.71 Å². The van der Waals surface area contributed by atoms with Gasteiger partial charge in [-0.1, -0.05) is 17.7 Å². The van der Waals surface area contributed by atoms with Gasteiger partial charge in [-0.3, -0.25) is 0 Å². The van der Waals surface area contributed by atoms with Crippen molar-refractivity contribution in [3.05, 3.63) is 45.7 Å². The van der Waals surface area contributed by atoms with Gasteiger partial charge in [0.1, 0.15) is 5.82 Å². The monoisotopic (exact) mass is 361 g/mol. The van der Waals surface area contributed by atoms with Gasteiger partial charge in [-0.2, -0.15) is 0 Å². The van der Waals surface area contributed by atoms with Crippen LogP contribution in [0.25, 0.3) is 0 Å². The number of thiazole rings is 1. The van der Waals surface area contributed by atoms with Crippen LogP contribution in [0.3, 0.4) is 0 Å². The van der Waals surface area contributed by atoms with Crippen LogP contribution in [0.4, 0.5) is 9.52 Å². The third-order valence-corrected chi connectivity index (χ3v) is 5.66. The minimum atomic E-state index is -1.34. The van der Waals surface area contributed by atoms with E-state index in [1.807, 2.05) is 20.8 Å². The van der Waals surface area contributed by atoms with Crippen molar-refractivity contribution in [1.29, 1.82) is 0 Å². The van der Waals surface area contributed by atoms with Gasteiger partial charge < -0.3 is 5.73 Å². The van der Waals surface area contributed by atoms with Crippen LogP contribution >= 0.6 is 22.9 Å². The molecule has 0 saturated carbocycles. The van der Waals surface area contributed by atoms with E-state index < -0.39 is 27.6 Å². The quantitative estimate of drug-likeness (QED) is 0.873. The van der Waals surface area contributed by atoms with Crippen LogP contribution in [0.5, 0.6) is 0 Å². The SMILES string of the molecule is CC(C)(C)[S@](=O)N[C@@H](c1cnc(N)s1)c1ccc(F)cc1Cl. The van der Waals surface area contributed by atoms with E-state index in [0.717, 1.165) is 4.88 Å². The first kappa shape index (κ1) is 17.3. The molecule has 0 unspecified atom stereocenters. The number of halogens is 2. The number of aromatic nitrogens is 1. The third-order valence-electron chi connectivity index (χ3n) is 2.88. The summed E-state index contributed by atoms with van der Waals surface area (Å²) in [6, 6.07) is 3.66. The molecule has 4 nitrogen and oxygen atoms in total. The molecule has 0 aliphatic rings. The van der Waals surface area contributed by atoms with E-state index in [0.29, 0.717) is 10.7 Å². The summed E-state index contributed by atoms with van der Waals surface area (Å²) in [5.74, 6) is -0.423. The van der Waals surface area contributed by atoms with Gasteiger partial charge in [0.15, 0.2) is 5.13 Å². The first-order chi connectivity index (χ1) is 10.2. The molecule has 1 aromatic carbocycles. The topological polar surface area (TPSA) is 68.0 Å². The van der Waals surface area contributed by atoms with Crippen molar-refractivity contribution >= 4 is 39.1 Å². The maximum Gasteiger partial charge on any atom is 0.180 e. The Morgan fingerprint density at radius 3 is 2.64 bits per heavy atom. The summed E-state index contributed by atoms with van der Waals surface area (Å²) in [4.78, 5) is 4.79. The fraction of sp³-hybridized carbons (Fsp3) is 0.357. The molecule has 0 fully saturated rings. The molecule has 120 valence electrons. The lowest BCUT2D eigenvalue weighted by molar-refractivity contribution is 0.619. The molecule has 22 heavy (non-hydrogen) atoms. The van der Waals surface area contributed by atoms with E-state index in [9.17, 15) is 8.60 Å². The molecule has 0 radical (unpaired) electrons. The highest BCUT2D eigenvalue weighted by atomic mass is 35.5. The predicted octanol–water partition coefficient (Wildman–Crippen LogP) is 3.66. The Hall–Kier alpha value is -1.02. The van der Waals surface area contributed by atoms with Gasteiger partial charge in [0, 0.05) is 16.1 Å². The van der Waals surface area contributed by atoms with Crippen molar-refractivity contribution in [3.63, 3.8) is 0 Å². The van der Waals surface area contributed by atoms with Crippen molar-refractivity contribution in [2.45, 2.75) is 31.6 Å². The number of nitrogens with two attached hydrogens (primary N) is 1. The molecule has 0 bridgehead atoms. The van der Waals surface area contributed by atoms with E-state index >= 15 is 0 Å². The zero-order valence-corrected chi connectivity index (χ0v) is 14.8. The molecule has 1 aromatic heterocycles. The minimum Gasteiger partial charge on any atom is -0.375 e. The molecule has 1 heterocycles. The highest BCUT2D eigenvalue weighted by molar-refractivity contribution is 7.84. The average molecular weight is 362 g/mol. The van der Waals surface area contributed by atoms with Crippen LogP contribution in [-0.4, -0.2) is 13.9 Å². The molecule has 8 heteroatoms. The van der Waals surface area contributed by atoms with E-state index in [1.54, 1.807) is 12.3 Å². The summed E-state index contributed by atoms with van der Waals surface area (Å²) in [7, 11) is -1.34. The molecule has 3 N–H and O–H groups in total. The Labute approximate surface area is 140 Å². The highest BCUT2D eigenvalue weighted by Crippen LogP contribution is 2.33. The van der Waals surface area contributed by atoms with Crippen LogP contribution in [0, 0.1) is 5.82 Å². The first-order valence-corrected chi connectivity index (χ1v) is 8.87. The Balaban J connectivity index is 2.44. The van der Waals surface area contributed by atoms with Crippen molar-refractivity contribution in [3.8, 4) is 0 Å². The van der Waals surface area contributed by atoms with Crippen LogP contribution in [0.2, 0.25) is 5.02 Å². The van der Waals surface area contributed by atoms with Gasteiger partial charge in [0.25, 0.3) is 0 Å². The second kappa shape index (κ2) is 6.62. The lowest BCUT2D eigenvalue weighted by atomic mass is 10.1. The summed E-state index contributed by atoms with van der Waals surface area (Å²) in [5.41, 5.74) is 6.31. The van der Waals surface area contributed by atoms with Gasteiger partial charge in [-0.25, -0.2) is 18.3 Å². The molecular formula is C14H17ClFN3OS2. The third kappa shape index (κ3) is 4.04. The average Bonchev–Trinajstić information content (AvgIpc) is 2.82. The van der Waals surface area contributed by atoms with Crippen LogP contribution in [0.15, 0.2) is 24.4 Å². The maximum absolute atomic E-state index is 13.3. The Morgan fingerprint density at radius 1 is 1.45 bits per heavy atom. The Bertz CT molecular complexity index is 700. The molecule has 2 atom stereocenters. The molecule has 0 spiro atoms. The maximum atomic E-state index is 13.3. The van der Waals surface area contributed by atoms with Crippen LogP contribution < -0.4 is 10.5 Å². The zero-order chi connectivity index (χ0) is 16.5. The largest absolute Gasteiger partial charge is 0.375 e. The molecule has 2 aromatic rings. The number of nitrogens with zero attached hydrogens (tertiary/aromatic N) is 1. The van der Waals surface area contributed by atoms with Gasteiger partial charge in [-0.15, -0.1) is 11.3 Å². The van der Waals surface area contributed by atoms with E-state index in [1.165, 1.54) is 23.5 Å². The lowest BCUT2D eigenvalue weighted by Crippen LogP contribution is -2.36. The van der Waals surface area contributed by atoms with Gasteiger partial charge in [0.05, 0.1) is 21.8 Å². The summed E-state index contributed by atoms with van der Waals surface area (Å²) in [5, 5.41) is 0.664. The lowest BCUT2D eigenvalue weighted by Gasteiger charge is -2.24.